The molecule has 3 unspecified atom stereocenters. The summed E-state index contributed by atoms with van der Waals surface area (Å²) in [6.07, 6.45) is 3.10. The SMILES string of the molecule is CCc1cnc(C(C)NCC2CNCC2C)s1. The van der Waals surface area contributed by atoms with E-state index in [1.807, 2.05) is 17.5 Å². The van der Waals surface area contributed by atoms with Crippen molar-refractivity contribution in [2.45, 2.75) is 33.2 Å². The van der Waals surface area contributed by atoms with Crippen molar-refractivity contribution in [3.8, 4) is 0 Å². The van der Waals surface area contributed by atoms with E-state index in [9.17, 15) is 0 Å². The van der Waals surface area contributed by atoms with Crippen LogP contribution in [0.5, 0.6) is 0 Å². The van der Waals surface area contributed by atoms with Crippen LogP contribution in [0, 0.1) is 11.8 Å². The number of aryl methyl sites for hydroxylation is 1. The van der Waals surface area contributed by atoms with Crippen molar-refractivity contribution in [1.82, 2.24) is 15.6 Å². The van der Waals surface area contributed by atoms with E-state index in [1.54, 1.807) is 0 Å². The summed E-state index contributed by atoms with van der Waals surface area (Å²) in [6, 6.07) is 0.382. The van der Waals surface area contributed by atoms with E-state index in [-0.39, 0.29) is 0 Å². The summed E-state index contributed by atoms with van der Waals surface area (Å²) in [5, 5.41) is 8.29. The number of thiazole rings is 1. The van der Waals surface area contributed by atoms with Gasteiger partial charge in [-0.1, -0.05) is 13.8 Å². The number of aromatic nitrogens is 1. The molecule has 4 heteroatoms. The number of nitrogens with zero attached hydrogens (tertiary/aromatic N) is 1. The average molecular weight is 253 g/mol. The molecule has 0 saturated carbocycles. The Balaban J connectivity index is 1.82. The third-order valence-electron chi connectivity index (χ3n) is 3.65. The quantitative estimate of drug-likeness (QED) is 0.845. The fourth-order valence-electron chi connectivity index (χ4n) is 2.24. The van der Waals surface area contributed by atoms with E-state index >= 15 is 0 Å². The van der Waals surface area contributed by atoms with E-state index in [0.717, 1.165) is 37.9 Å². The van der Waals surface area contributed by atoms with Crippen molar-refractivity contribution in [2.24, 2.45) is 11.8 Å². The molecule has 1 aliphatic rings. The Morgan fingerprint density at radius 2 is 2.41 bits per heavy atom. The summed E-state index contributed by atoms with van der Waals surface area (Å²) in [6.45, 7) is 10.1. The van der Waals surface area contributed by atoms with Crippen molar-refractivity contribution in [3.05, 3.63) is 16.1 Å². The molecule has 0 aromatic carbocycles. The normalized spacial score (nSPS) is 26.3. The Morgan fingerprint density at radius 3 is 3.00 bits per heavy atom. The number of rotatable bonds is 5. The molecule has 3 atom stereocenters. The first-order valence-corrected chi connectivity index (χ1v) is 7.41. The first-order valence-electron chi connectivity index (χ1n) is 6.59. The van der Waals surface area contributed by atoms with Gasteiger partial charge in [0.25, 0.3) is 0 Å². The first-order chi connectivity index (χ1) is 8.20. The first kappa shape index (κ1) is 13.0. The Hall–Kier alpha value is -0.450. The second-order valence-corrected chi connectivity index (χ2v) is 6.19. The van der Waals surface area contributed by atoms with Gasteiger partial charge in [-0.3, -0.25) is 0 Å². The lowest BCUT2D eigenvalue weighted by Crippen LogP contribution is -2.29. The standard InChI is InChI=1S/C13H23N3S/c1-4-12-8-16-13(17-12)10(3)15-7-11-6-14-5-9(11)2/h8-11,14-15H,4-7H2,1-3H3. The van der Waals surface area contributed by atoms with Gasteiger partial charge >= 0.3 is 0 Å². The second-order valence-electron chi connectivity index (χ2n) is 5.04. The average Bonchev–Trinajstić information content (AvgIpc) is 2.94. The van der Waals surface area contributed by atoms with Crippen LogP contribution >= 0.6 is 11.3 Å². The lowest BCUT2D eigenvalue weighted by atomic mass is 9.98. The molecule has 2 rings (SSSR count). The summed E-state index contributed by atoms with van der Waals surface area (Å²) in [5.74, 6) is 1.56. The second kappa shape index (κ2) is 5.94. The molecule has 0 aliphatic carbocycles. The molecule has 1 aromatic heterocycles. The summed E-state index contributed by atoms with van der Waals surface area (Å²) in [4.78, 5) is 5.87. The molecule has 2 heterocycles. The highest BCUT2D eigenvalue weighted by Gasteiger charge is 2.23. The van der Waals surface area contributed by atoms with Crippen LogP contribution in [0.2, 0.25) is 0 Å². The highest BCUT2D eigenvalue weighted by Crippen LogP contribution is 2.21. The molecule has 1 aliphatic heterocycles. The highest BCUT2D eigenvalue weighted by atomic mass is 32.1. The maximum atomic E-state index is 4.49. The topological polar surface area (TPSA) is 37.0 Å². The van der Waals surface area contributed by atoms with E-state index in [2.05, 4.69) is 36.4 Å². The monoisotopic (exact) mass is 253 g/mol. The van der Waals surface area contributed by atoms with Gasteiger partial charge in [-0.15, -0.1) is 11.3 Å². The third-order valence-corrected chi connectivity index (χ3v) is 4.98. The molecular weight excluding hydrogens is 230 g/mol. The van der Waals surface area contributed by atoms with Crippen LogP contribution in [0.4, 0.5) is 0 Å². The summed E-state index contributed by atoms with van der Waals surface area (Å²) >= 11 is 1.84. The van der Waals surface area contributed by atoms with Gasteiger partial charge in [0.1, 0.15) is 5.01 Å². The Labute approximate surface area is 108 Å². The van der Waals surface area contributed by atoms with Crippen LogP contribution in [0.25, 0.3) is 0 Å². The van der Waals surface area contributed by atoms with Crippen molar-refractivity contribution < 1.29 is 0 Å². The van der Waals surface area contributed by atoms with Crippen LogP contribution in [0.15, 0.2) is 6.20 Å². The van der Waals surface area contributed by atoms with Crippen LogP contribution < -0.4 is 10.6 Å². The van der Waals surface area contributed by atoms with Gasteiger partial charge in [-0.2, -0.15) is 0 Å². The molecule has 0 spiro atoms. The minimum atomic E-state index is 0.382. The maximum absolute atomic E-state index is 4.49. The number of hydrogen-bond acceptors (Lipinski definition) is 4. The van der Waals surface area contributed by atoms with Crippen LogP contribution in [0.3, 0.4) is 0 Å². The molecule has 0 bridgehead atoms. The summed E-state index contributed by atoms with van der Waals surface area (Å²) < 4.78 is 0. The zero-order valence-electron chi connectivity index (χ0n) is 11.0. The largest absolute Gasteiger partial charge is 0.316 e. The molecular formula is C13H23N3S. The molecule has 1 fully saturated rings. The number of hydrogen-bond donors (Lipinski definition) is 2. The molecule has 2 N–H and O–H groups in total. The van der Waals surface area contributed by atoms with E-state index in [4.69, 9.17) is 0 Å². The predicted octanol–water partition coefficient (Wildman–Crippen LogP) is 2.21. The van der Waals surface area contributed by atoms with Crippen molar-refractivity contribution in [2.75, 3.05) is 19.6 Å². The Kier molecular flexibility index (Phi) is 4.54. The maximum Gasteiger partial charge on any atom is 0.109 e. The minimum absolute atomic E-state index is 0.382. The fraction of sp³-hybridized carbons (Fsp3) is 0.769. The van der Waals surface area contributed by atoms with Crippen molar-refractivity contribution in [3.63, 3.8) is 0 Å². The molecule has 0 radical (unpaired) electrons. The molecule has 17 heavy (non-hydrogen) atoms. The van der Waals surface area contributed by atoms with Gasteiger partial charge in [0.05, 0.1) is 6.04 Å². The summed E-state index contributed by atoms with van der Waals surface area (Å²) in [5.41, 5.74) is 0. The molecule has 1 aromatic rings. The lowest BCUT2D eigenvalue weighted by molar-refractivity contribution is 0.399. The smallest absolute Gasteiger partial charge is 0.109 e. The van der Waals surface area contributed by atoms with Gasteiger partial charge in [-0.05, 0) is 38.3 Å². The highest BCUT2D eigenvalue weighted by molar-refractivity contribution is 7.11. The lowest BCUT2D eigenvalue weighted by Gasteiger charge is -2.18. The van der Waals surface area contributed by atoms with E-state index in [0.29, 0.717) is 6.04 Å². The molecule has 3 nitrogen and oxygen atoms in total. The Bertz CT molecular complexity index is 350. The van der Waals surface area contributed by atoms with Crippen LogP contribution in [-0.4, -0.2) is 24.6 Å². The Morgan fingerprint density at radius 1 is 1.59 bits per heavy atom. The van der Waals surface area contributed by atoms with E-state index in [1.165, 1.54) is 9.88 Å². The van der Waals surface area contributed by atoms with Gasteiger partial charge < -0.3 is 10.6 Å². The van der Waals surface area contributed by atoms with Gasteiger partial charge in [0.15, 0.2) is 0 Å². The fourth-order valence-corrected chi connectivity index (χ4v) is 3.12. The minimum Gasteiger partial charge on any atom is -0.316 e. The molecule has 96 valence electrons. The van der Waals surface area contributed by atoms with Crippen molar-refractivity contribution in [1.29, 1.82) is 0 Å². The zero-order chi connectivity index (χ0) is 12.3. The van der Waals surface area contributed by atoms with Gasteiger partial charge in [0, 0.05) is 17.6 Å². The molecule has 1 saturated heterocycles. The molecule has 0 amide bonds. The van der Waals surface area contributed by atoms with E-state index < -0.39 is 0 Å². The van der Waals surface area contributed by atoms with Gasteiger partial charge in [-0.25, -0.2) is 4.98 Å². The van der Waals surface area contributed by atoms with Crippen LogP contribution in [0.1, 0.15) is 36.7 Å². The zero-order valence-corrected chi connectivity index (χ0v) is 11.8. The summed E-state index contributed by atoms with van der Waals surface area (Å²) in [7, 11) is 0. The van der Waals surface area contributed by atoms with Gasteiger partial charge in [0.2, 0.25) is 0 Å². The third kappa shape index (κ3) is 3.27. The van der Waals surface area contributed by atoms with Crippen LogP contribution in [-0.2, 0) is 6.42 Å². The predicted molar refractivity (Wildman–Crippen MR) is 73.4 cm³/mol. The number of nitrogens with one attached hydrogen (secondary N) is 2. The van der Waals surface area contributed by atoms with Crippen molar-refractivity contribution >= 4 is 11.3 Å².